The zero-order valence-electron chi connectivity index (χ0n) is 15.4. The Morgan fingerprint density at radius 3 is 2.75 bits per heavy atom. The van der Waals surface area contributed by atoms with E-state index in [0.29, 0.717) is 5.04 Å². The first-order valence-electron chi connectivity index (χ1n) is 10.5. The molecule has 4 aliphatic carbocycles. The number of allylic oxidation sites excluding steroid dienone is 8. The van der Waals surface area contributed by atoms with E-state index in [9.17, 15) is 0 Å². The first kappa shape index (κ1) is 16.6. The summed E-state index contributed by atoms with van der Waals surface area (Å²) in [5.41, 5.74) is 2.81. The Hall–Kier alpha value is -0.823. The van der Waals surface area contributed by atoms with E-state index in [1.807, 2.05) is 5.57 Å². The fourth-order valence-corrected chi connectivity index (χ4v) is 9.47. The molecule has 0 N–H and O–H groups in total. The highest BCUT2D eigenvalue weighted by atomic mass is 28.2. The lowest BCUT2D eigenvalue weighted by atomic mass is 9.80. The van der Waals surface area contributed by atoms with Gasteiger partial charge in [-0.25, -0.2) is 0 Å². The van der Waals surface area contributed by atoms with Crippen LogP contribution in [0, 0.1) is 17.8 Å². The van der Waals surface area contributed by atoms with Gasteiger partial charge in [0.2, 0.25) is 0 Å². The molecule has 0 radical (unpaired) electrons. The molecule has 0 spiro atoms. The van der Waals surface area contributed by atoms with E-state index in [4.69, 9.17) is 0 Å². The van der Waals surface area contributed by atoms with Gasteiger partial charge in [0.1, 0.15) is 0 Å². The van der Waals surface area contributed by atoms with Gasteiger partial charge in [0.05, 0.1) is 0 Å². The van der Waals surface area contributed by atoms with Crippen LogP contribution in [-0.2, 0) is 0 Å². The summed E-state index contributed by atoms with van der Waals surface area (Å²) >= 11 is 0. The Kier molecular flexibility index (Phi) is 4.99. The summed E-state index contributed by atoms with van der Waals surface area (Å²) in [6.07, 6.45) is 30.1. The maximum absolute atomic E-state index is 2.66. The molecular formula is C23H34Si. The van der Waals surface area contributed by atoms with Gasteiger partial charge in [0.25, 0.3) is 0 Å². The van der Waals surface area contributed by atoms with Crippen molar-refractivity contribution in [1.29, 1.82) is 0 Å². The molecule has 4 aliphatic rings. The minimum atomic E-state index is -0.163. The Morgan fingerprint density at radius 2 is 1.96 bits per heavy atom. The van der Waals surface area contributed by atoms with Gasteiger partial charge in [-0.05, 0) is 54.0 Å². The molecule has 0 heterocycles. The van der Waals surface area contributed by atoms with Gasteiger partial charge < -0.3 is 0 Å². The van der Waals surface area contributed by atoms with Crippen LogP contribution in [0.15, 0.2) is 48.1 Å². The van der Waals surface area contributed by atoms with Crippen molar-refractivity contribution in [1.82, 2.24) is 0 Å². The molecule has 2 saturated carbocycles. The van der Waals surface area contributed by atoms with Crippen molar-refractivity contribution in [3.63, 3.8) is 0 Å². The molecule has 0 saturated heterocycles. The summed E-state index contributed by atoms with van der Waals surface area (Å²) in [6, 6.07) is 0. The molecule has 0 aromatic carbocycles. The van der Waals surface area contributed by atoms with Gasteiger partial charge in [-0.15, -0.1) is 0 Å². The smallest absolute Gasteiger partial charge is 0.0407 e. The fraction of sp³-hybridized carbons (Fsp3) is 0.652. The normalized spacial score (nSPS) is 39.5. The quantitative estimate of drug-likeness (QED) is 0.541. The minimum absolute atomic E-state index is 0.163. The third-order valence-corrected chi connectivity index (χ3v) is 10.7. The number of fused-ring (bicyclic) bond motifs is 1. The molecule has 0 aromatic rings. The molecule has 0 aromatic heterocycles. The van der Waals surface area contributed by atoms with E-state index in [-0.39, 0.29) is 9.52 Å². The summed E-state index contributed by atoms with van der Waals surface area (Å²) < 4.78 is 0. The lowest BCUT2D eigenvalue weighted by Crippen LogP contribution is -2.28. The summed E-state index contributed by atoms with van der Waals surface area (Å²) in [4.78, 5) is 0. The van der Waals surface area contributed by atoms with Crippen LogP contribution in [0.25, 0.3) is 0 Å². The fourth-order valence-electron chi connectivity index (χ4n) is 6.11. The van der Waals surface area contributed by atoms with E-state index in [1.165, 1.54) is 57.8 Å². The molecule has 0 nitrogen and oxygen atoms in total. The van der Waals surface area contributed by atoms with Crippen molar-refractivity contribution in [2.45, 2.75) is 75.3 Å². The van der Waals surface area contributed by atoms with Gasteiger partial charge in [-0.3, -0.25) is 0 Å². The third kappa shape index (κ3) is 3.42. The highest BCUT2D eigenvalue weighted by Crippen LogP contribution is 2.54. The molecule has 130 valence electrons. The van der Waals surface area contributed by atoms with Gasteiger partial charge >= 0.3 is 0 Å². The Balaban J connectivity index is 1.53. The van der Waals surface area contributed by atoms with E-state index >= 15 is 0 Å². The van der Waals surface area contributed by atoms with Crippen LogP contribution < -0.4 is 0 Å². The average molecular weight is 339 g/mol. The first-order valence-corrected chi connectivity index (χ1v) is 12.0. The standard InChI is InChI=1S/C23H34Si/c1-18-16-20-12-6-7-13-21(20)22(18)24-23(14-8-3-9-15-23)17-19-10-4-2-5-11-19/h3,6-9,13-14,18-20,22H,2,4-5,10-12,15-17,24H2,1H3. The Labute approximate surface area is 151 Å². The highest BCUT2D eigenvalue weighted by Gasteiger charge is 2.42. The van der Waals surface area contributed by atoms with E-state index < -0.39 is 0 Å². The second-order valence-electron chi connectivity index (χ2n) is 9.11. The van der Waals surface area contributed by atoms with Crippen LogP contribution in [0.3, 0.4) is 0 Å². The molecule has 4 unspecified atom stereocenters. The molecule has 24 heavy (non-hydrogen) atoms. The van der Waals surface area contributed by atoms with Crippen LogP contribution in [0.2, 0.25) is 10.6 Å². The predicted molar refractivity (Wildman–Crippen MR) is 108 cm³/mol. The SMILES string of the molecule is CC1CC2CC=CC=C2C1[SiH2]C1(CC2CCCCC2)C=CC=CC1. The van der Waals surface area contributed by atoms with Crippen LogP contribution in [0.5, 0.6) is 0 Å². The molecule has 4 rings (SSSR count). The van der Waals surface area contributed by atoms with Crippen LogP contribution in [0.4, 0.5) is 0 Å². The van der Waals surface area contributed by atoms with Gasteiger partial charge in [0.15, 0.2) is 0 Å². The predicted octanol–water partition coefficient (Wildman–Crippen LogP) is 6.13. The first-order chi connectivity index (χ1) is 11.8. The van der Waals surface area contributed by atoms with Crippen molar-refractivity contribution in [3.8, 4) is 0 Å². The Morgan fingerprint density at radius 1 is 1.08 bits per heavy atom. The molecule has 0 amide bonds. The third-order valence-electron chi connectivity index (χ3n) is 7.36. The van der Waals surface area contributed by atoms with Crippen molar-refractivity contribution >= 4 is 9.52 Å². The number of hydrogen-bond donors (Lipinski definition) is 0. The molecule has 0 bridgehead atoms. The minimum Gasteiger partial charge on any atom is -0.0840 e. The van der Waals surface area contributed by atoms with E-state index in [2.05, 4.69) is 49.5 Å². The monoisotopic (exact) mass is 338 g/mol. The van der Waals surface area contributed by atoms with Crippen LogP contribution in [0.1, 0.15) is 64.7 Å². The maximum atomic E-state index is 2.66. The summed E-state index contributed by atoms with van der Waals surface area (Å²) in [7, 11) is -0.163. The van der Waals surface area contributed by atoms with Crippen molar-refractivity contribution in [3.05, 3.63) is 48.1 Å². The summed E-state index contributed by atoms with van der Waals surface area (Å²) in [5, 5.41) is 0.576. The van der Waals surface area contributed by atoms with Crippen molar-refractivity contribution in [2.24, 2.45) is 17.8 Å². The lowest BCUT2D eigenvalue weighted by Gasteiger charge is -2.39. The van der Waals surface area contributed by atoms with Crippen LogP contribution in [-0.4, -0.2) is 9.52 Å². The van der Waals surface area contributed by atoms with Crippen LogP contribution >= 0.6 is 0 Å². The van der Waals surface area contributed by atoms with Crippen molar-refractivity contribution < 1.29 is 0 Å². The highest BCUT2D eigenvalue weighted by molar-refractivity contribution is 6.44. The second-order valence-corrected chi connectivity index (χ2v) is 11.8. The molecule has 2 fully saturated rings. The molecule has 1 heteroatoms. The summed E-state index contributed by atoms with van der Waals surface area (Å²) in [6.45, 7) is 2.55. The van der Waals surface area contributed by atoms with Gasteiger partial charge in [-0.2, -0.15) is 0 Å². The van der Waals surface area contributed by atoms with Crippen molar-refractivity contribution in [2.75, 3.05) is 0 Å². The average Bonchev–Trinajstić information content (AvgIpc) is 2.92. The largest absolute Gasteiger partial charge is 0.0840 e. The molecule has 4 atom stereocenters. The Bertz CT molecular complexity index is 561. The topological polar surface area (TPSA) is 0 Å². The summed E-state index contributed by atoms with van der Waals surface area (Å²) in [5.74, 6) is 2.82. The number of rotatable bonds is 4. The van der Waals surface area contributed by atoms with E-state index in [1.54, 1.807) is 0 Å². The van der Waals surface area contributed by atoms with E-state index in [0.717, 1.165) is 23.3 Å². The molecule has 0 aliphatic heterocycles. The van der Waals surface area contributed by atoms with Gasteiger partial charge in [-0.1, -0.05) is 87.1 Å². The van der Waals surface area contributed by atoms with Gasteiger partial charge in [0, 0.05) is 9.52 Å². The second kappa shape index (κ2) is 7.20. The lowest BCUT2D eigenvalue weighted by molar-refractivity contribution is 0.312. The maximum Gasteiger partial charge on any atom is 0.0407 e. The molecular weight excluding hydrogens is 304 g/mol. The zero-order chi connectivity index (χ0) is 16.4. The zero-order valence-corrected chi connectivity index (χ0v) is 16.8. The number of hydrogen-bond acceptors (Lipinski definition) is 0.